The summed E-state index contributed by atoms with van der Waals surface area (Å²) in [6.07, 6.45) is -0.508. The van der Waals surface area contributed by atoms with Gasteiger partial charge in [-0.05, 0) is 26.3 Å². The number of benzene rings is 1. The van der Waals surface area contributed by atoms with Crippen molar-refractivity contribution in [3.8, 4) is 0 Å². The van der Waals surface area contributed by atoms with Crippen molar-refractivity contribution in [2.24, 2.45) is 5.92 Å². The highest BCUT2D eigenvalue weighted by Gasteiger charge is 2.32. The average molecular weight is 250 g/mol. The average Bonchev–Trinajstić information content (AvgIpc) is 2.34. The normalized spacial score (nSPS) is 15.2. The van der Waals surface area contributed by atoms with Crippen molar-refractivity contribution in [3.63, 3.8) is 0 Å². The third-order valence-corrected chi connectivity index (χ3v) is 3.23. The van der Waals surface area contributed by atoms with E-state index in [1.807, 2.05) is 30.3 Å². The summed E-state index contributed by atoms with van der Waals surface area (Å²) in [7, 11) is 0. The number of aliphatic hydroxyl groups is 1. The van der Waals surface area contributed by atoms with Crippen LogP contribution >= 0.6 is 0 Å². The van der Waals surface area contributed by atoms with Crippen LogP contribution in [0.3, 0.4) is 0 Å². The highest BCUT2D eigenvalue weighted by Crippen LogP contribution is 2.19. The Hall–Kier alpha value is -1.19. The molecular weight excluding hydrogens is 228 g/mol. The summed E-state index contributed by atoms with van der Waals surface area (Å²) >= 11 is 0. The van der Waals surface area contributed by atoms with Gasteiger partial charge in [0.05, 0.1) is 12.2 Å². The van der Waals surface area contributed by atoms with Gasteiger partial charge < -0.3 is 9.84 Å². The van der Waals surface area contributed by atoms with Crippen LogP contribution in [0.5, 0.6) is 0 Å². The Bertz CT molecular complexity index is 378. The van der Waals surface area contributed by atoms with Crippen LogP contribution in [0.1, 0.15) is 33.3 Å². The molecule has 0 radical (unpaired) electrons. The monoisotopic (exact) mass is 250 g/mol. The zero-order chi connectivity index (χ0) is 13.8. The molecule has 0 aromatic heterocycles. The van der Waals surface area contributed by atoms with Crippen LogP contribution in [0.2, 0.25) is 0 Å². The molecule has 3 heteroatoms. The van der Waals surface area contributed by atoms with Gasteiger partial charge in [0, 0.05) is 5.92 Å². The van der Waals surface area contributed by atoms with Gasteiger partial charge >= 0.3 is 0 Å². The maximum Gasteiger partial charge on any atom is 0.166 e. The molecule has 1 aromatic rings. The molecule has 0 heterocycles. The van der Waals surface area contributed by atoms with Gasteiger partial charge in [-0.1, -0.05) is 37.3 Å². The van der Waals surface area contributed by atoms with E-state index in [0.29, 0.717) is 6.61 Å². The van der Waals surface area contributed by atoms with Crippen molar-refractivity contribution >= 4 is 5.78 Å². The van der Waals surface area contributed by atoms with Gasteiger partial charge in [0.15, 0.2) is 5.78 Å². The van der Waals surface area contributed by atoms with E-state index >= 15 is 0 Å². The molecule has 0 saturated heterocycles. The van der Waals surface area contributed by atoms with Crippen LogP contribution in [-0.2, 0) is 16.1 Å². The fourth-order valence-electron chi connectivity index (χ4n) is 1.58. The van der Waals surface area contributed by atoms with E-state index < -0.39 is 17.6 Å². The predicted molar refractivity (Wildman–Crippen MR) is 71.2 cm³/mol. The Morgan fingerprint density at radius 1 is 1.28 bits per heavy atom. The summed E-state index contributed by atoms with van der Waals surface area (Å²) < 4.78 is 5.55. The Labute approximate surface area is 109 Å². The Morgan fingerprint density at radius 3 is 2.33 bits per heavy atom. The minimum absolute atomic E-state index is 0.0709. The number of Topliss-reactive ketones (excluding diaryl/α,β-unsaturated/α-hetero) is 1. The molecule has 0 spiro atoms. The van der Waals surface area contributed by atoms with Gasteiger partial charge in [-0.25, -0.2) is 0 Å². The first-order valence-electron chi connectivity index (χ1n) is 6.24. The lowest BCUT2D eigenvalue weighted by Crippen LogP contribution is -2.39. The number of carbonyl (C=O) groups is 1. The second-order valence-electron chi connectivity index (χ2n) is 5.22. The number of rotatable bonds is 6. The first-order valence-corrected chi connectivity index (χ1v) is 6.24. The lowest BCUT2D eigenvalue weighted by Gasteiger charge is -2.27. The van der Waals surface area contributed by atoms with Crippen LogP contribution in [0, 0.1) is 5.92 Å². The van der Waals surface area contributed by atoms with Gasteiger partial charge in [-0.3, -0.25) is 4.79 Å². The maximum atomic E-state index is 12.0. The minimum Gasteiger partial charge on any atom is -0.390 e. The van der Waals surface area contributed by atoms with E-state index in [2.05, 4.69) is 0 Å². The van der Waals surface area contributed by atoms with Crippen LogP contribution in [0.4, 0.5) is 0 Å². The molecule has 0 amide bonds. The molecule has 0 bridgehead atoms. The number of hydrogen-bond donors (Lipinski definition) is 1. The summed E-state index contributed by atoms with van der Waals surface area (Å²) in [4.78, 5) is 12.0. The molecule has 0 aliphatic rings. The fourth-order valence-corrected chi connectivity index (χ4v) is 1.58. The van der Waals surface area contributed by atoms with Gasteiger partial charge in [-0.15, -0.1) is 0 Å². The summed E-state index contributed by atoms with van der Waals surface area (Å²) in [6.45, 7) is 7.14. The summed E-state index contributed by atoms with van der Waals surface area (Å²) in [6, 6.07) is 9.72. The van der Waals surface area contributed by atoms with Crippen molar-refractivity contribution in [1.82, 2.24) is 0 Å². The highest BCUT2D eigenvalue weighted by atomic mass is 16.5. The van der Waals surface area contributed by atoms with Gasteiger partial charge in [0.2, 0.25) is 0 Å². The second kappa shape index (κ2) is 6.12. The molecule has 18 heavy (non-hydrogen) atoms. The SMILES string of the molecule is CC(C(=O)[C@H](C)OCc1ccccc1)C(C)(C)O. The molecule has 100 valence electrons. The van der Waals surface area contributed by atoms with Crippen molar-refractivity contribution in [3.05, 3.63) is 35.9 Å². The van der Waals surface area contributed by atoms with Gasteiger partial charge in [-0.2, -0.15) is 0 Å². The lowest BCUT2D eigenvalue weighted by atomic mass is 9.87. The smallest absolute Gasteiger partial charge is 0.166 e. The number of ether oxygens (including phenoxy) is 1. The zero-order valence-corrected chi connectivity index (χ0v) is 11.5. The van der Waals surface area contributed by atoms with E-state index in [1.54, 1.807) is 27.7 Å². The summed E-state index contributed by atoms with van der Waals surface area (Å²) in [5, 5.41) is 9.81. The minimum atomic E-state index is -1.01. The molecule has 1 rings (SSSR count). The van der Waals surface area contributed by atoms with Crippen molar-refractivity contribution < 1.29 is 14.6 Å². The van der Waals surface area contributed by atoms with Crippen molar-refractivity contribution in [1.29, 1.82) is 0 Å². The van der Waals surface area contributed by atoms with Crippen LogP contribution in [0.15, 0.2) is 30.3 Å². The fraction of sp³-hybridized carbons (Fsp3) is 0.533. The van der Waals surface area contributed by atoms with Crippen molar-refractivity contribution in [2.75, 3.05) is 0 Å². The molecule has 1 aromatic carbocycles. The molecule has 0 aliphatic carbocycles. The lowest BCUT2D eigenvalue weighted by molar-refractivity contribution is -0.140. The molecular formula is C15H22O3. The first-order chi connectivity index (χ1) is 8.32. The molecule has 2 atom stereocenters. The van der Waals surface area contributed by atoms with Crippen LogP contribution in [0.25, 0.3) is 0 Å². The number of ketones is 1. The van der Waals surface area contributed by atoms with E-state index in [1.165, 1.54) is 0 Å². The third-order valence-electron chi connectivity index (χ3n) is 3.23. The first kappa shape index (κ1) is 14.9. The Kier molecular flexibility index (Phi) is 5.05. The van der Waals surface area contributed by atoms with Crippen LogP contribution in [-0.4, -0.2) is 22.6 Å². The molecule has 1 unspecified atom stereocenters. The van der Waals surface area contributed by atoms with Gasteiger partial charge in [0.25, 0.3) is 0 Å². The second-order valence-corrected chi connectivity index (χ2v) is 5.22. The largest absolute Gasteiger partial charge is 0.390 e. The molecule has 0 saturated carbocycles. The Balaban J connectivity index is 2.51. The summed E-state index contributed by atoms with van der Waals surface area (Å²) in [5.74, 6) is -0.512. The number of hydrogen-bond acceptors (Lipinski definition) is 3. The van der Waals surface area contributed by atoms with E-state index in [9.17, 15) is 9.90 Å². The van der Waals surface area contributed by atoms with E-state index in [-0.39, 0.29) is 5.78 Å². The van der Waals surface area contributed by atoms with Crippen LogP contribution < -0.4 is 0 Å². The van der Waals surface area contributed by atoms with E-state index in [4.69, 9.17) is 4.74 Å². The molecule has 3 nitrogen and oxygen atoms in total. The predicted octanol–water partition coefficient (Wildman–Crippen LogP) is 2.57. The Morgan fingerprint density at radius 2 is 1.83 bits per heavy atom. The molecule has 0 aliphatic heterocycles. The third kappa shape index (κ3) is 4.24. The molecule has 0 fully saturated rings. The maximum absolute atomic E-state index is 12.0. The molecule has 1 N–H and O–H groups in total. The van der Waals surface area contributed by atoms with Crippen molar-refractivity contribution in [2.45, 2.75) is 46.0 Å². The highest BCUT2D eigenvalue weighted by molar-refractivity contribution is 5.85. The standard InChI is InChI=1S/C15H22O3/c1-11(15(3,4)17)14(16)12(2)18-10-13-8-6-5-7-9-13/h5-9,11-12,17H,10H2,1-4H3/t11?,12-/m0/s1. The zero-order valence-electron chi connectivity index (χ0n) is 11.5. The summed E-state index contributed by atoms with van der Waals surface area (Å²) in [5.41, 5.74) is 0.0228. The van der Waals surface area contributed by atoms with E-state index in [0.717, 1.165) is 5.56 Å². The quantitative estimate of drug-likeness (QED) is 0.844. The number of carbonyl (C=O) groups excluding carboxylic acids is 1. The topological polar surface area (TPSA) is 46.5 Å². The van der Waals surface area contributed by atoms with Gasteiger partial charge in [0.1, 0.15) is 6.10 Å².